The largest absolute Gasteiger partial charge is 0.363 e. The van der Waals surface area contributed by atoms with Crippen molar-refractivity contribution in [2.45, 2.75) is 13.5 Å². The Hall–Kier alpha value is -1.67. The van der Waals surface area contributed by atoms with Crippen molar-refractivity contribution in [2.75, 3.05) is 10.7 Å². The predicted octanol–water partition coefficient (Wildman–Crippen LogP) is 1.43. The molecule has 0 bridgehead atoms. The van der Waals surface area contributed by atoms with Crippen molar-refractivity contribution in [2.24, 2.45) is 5.84 Å². The van der Waals surface area contributed by atoms with Crippen LogP contribution in [0.15, 0.2) is 21.3 Å². The molecule has 0 aliphatic heterocycles. The van der Waals surface area contributed by atoms with Gasteiger partial charge in [0.05, 0.1) is 11.0 Å². The first-order valence-electron chi connectivity index (χ1n) is 4.84. The van der Waals surface area contributed by atoms with Crippen molar-refractivity contribution in [1.29, 1.82) is 0 Å². The summed E-state index contributed by atoms with van der Waals surface area (Å²) in [5, 5.41) is 6.97. The van der Waals surface area contributed by atoms with Crippen molar-refractivity contribution in [3.63, 3.8) is 0 Å². The standard InChI is InChI=1S/C9H11BrN6O/c1-5-2-6(16-17-5)3-12-8-7(10)4-13-9(14-8)15-11/h2,4H,3,11H2,1H3,(H2,12,13,14,15). The molecule has 4 N–H and O–H groups in total. The quantitative estimate of drug-likeness (QED) is 0.580. The molecule has 2 aromatic heterocycles. The van der Waals surface area contributed by atoms with Crippen molar-refractivity contribution < 1.29 is 4.52 Å². The highest BCUT2D eigenvalue weighted by molar-refractivity contribution is 9.10. The number of nitrogens with zero attached hydrogens (tertiary/aromatic N) is 3. The molecule has 8 heteroatoms. The lowest BCUT2D eigenvalue weighted by molar-refractivity contribution is 0.391. The van der Waals surface area contributed by atoms with Gasteiger partial charge in [0.25, 0.3) is 0 Å². The topological polar surface area (TPSA) is 102 Å². The number of rotatable bonds is 4. The second kappa shape index (κ2) is 5.11. The predicted molar refractivity (Wildman–Crippen MR) is 66.1 cm³/mol. The van der Waals surface area contributed by atoms with E-state index in [9.17, 15) is 0 Å². The maximum absolute atomic E-state index is 5.23. The minimum atomic E-state index is 0.340. The lowest BCUT2D eigenvalue weighted by Crippen LogP contribution is -2.12. The summed E-state index contributed by atoms with van der Waals surface area (Å²) in [6.45, 7) is 2.35. The van der Waals surface area contributed by atoms with Crippen LogP contribution in [0.25, 0.3) is 0 Å². The Labute approximate surface area is 106 Å². The minimum Gasteiger partial charge on any atom is -0.363 e. The average Bonchev–Trinajstić information content (AvgIpc) is 2.74. The molecule has 0 atom stereocenters. The lowest BCUT2D eigenvalue weighted by Gasteiger charge is -2.06. The van der Waals surface area contributed by atoms with E-state index in [1.54, 1.807) is 6.20 Å². The van der Waals surface area contributed by atoms with Gasteiger partial charge in [-0.1, -0.05) is 5.16 Å². The first-order chi connectivity index (χ1) is 8.19. The molecule has 0 saturated heterocycles. The van der Waals surface area contributed by atoms with Gasteiger partial charge in [0, 0.05) is 12.3 Å². The molecule has 0 amide bonds. The molecule has 0 fully saturated rings. The molecule has 0 saturated carbocycles. The zero-order valence-corrected chi connectivity index (χ0v) is 10.7. The summed E-state index contributed by atoms with van der Waals surface area (Å²) < 4.78 is 5.71. The van der Waals surface area contributed by atoms with Crippen LogP contribution in [0.3, 0.4) is 0 Å². The first-order valence-corrected chi connectivity index (χ1v) is 5.63. The Kier molecular flexibility index (Phi) is 3.55. The molecule has 0 unspecified atom stereocenters. The molecule has 7 nitrogen and oxygen atoms in total. The van der Waals surface area contributed by atoms with Crippen molar-refractivity contribution in [1.82, 2.24) is 15.1 Å². The summed E-state index contributed by atoms with van der Waals surface area (Å²) in [4.78, 5) is 8.10. The molecule has 0 aromatic carbocycles. The fraction of sp³-hybridized carbons (Fsp3) is 0.222. The number of nitrogens with two attached hydrogens (primary N) is 1. The number of nitrogen functional groups attached to an aromatic ring is 1. The maximum atomic E-state index is 5.23. The van der Waals surface area contributed by atoms with E-state index in [-0.39, 0.29) is 0 Å². The molecule has 90 valence electrons. The minimum absolute atomic E-state index is 0.340. The van der Waals surface area contributed by atoms with Crippen LogP contribution in [0.2, 0.25) is 0 Å². The van der Waals surface area contributed by atoms with E-state index in [1.807, 2.05) is 13.0 Å². The molecule has 0 aliphatic rings. The Bertz CT molecular complexity index is 514. The fourth-order valence-corrected chi connectivity index (χ4v) is 1.57. The summed E-state index contributed by atoms with van der Waals surface area (Å²) in [5.41, 5.74) is 3.18. The van der Waals surface area contributed by atoms with Gasteiger partial charge in [0.15, 0.2) is 0 Å². The molecule has 0 spiro atoms. The van der Waals surface area contributed by atoms with E-state index in [0.717, 1.165) is 15.9 Å². The summed E-state index contributed by atoms with van der Waals surface area (Å²) in [6, 6.07) is 1.85. The van der Waals surface area contributed by atoms with E-state index in [1.165, 1.54) is 0 Å². The molecular formula is C9H11BrN6O. The maximum Gasteiger partial charge on any atom is 0.239 e. The van der Waals surface area contributed by atoms with Crippen LogP contribution in [0.1, 0.15) is 11.5 Å². The van der Waals surface area contributed by atoms with Crippen LogP contribution < -0.4 is 16.6 Å². The fourth-order valence-electron chi connectivity index (χ4n) is 1.24. The number of halogens is 1. The number of hydrazine groups is 1. The number of hydrogen-bond donors (Lipinski definition) is 3. The van der Waals surface area contributed by atoms with Crippen LogP contribution in [-0.4, -0.2) is 15.1 Å². The highest BCUT2D eigenvalue weighted by Gasteiger charge is 2.05. The summed E-state index contributed by atoms with van der Waals surface area (Å²) in [5.74, 6) is 6.98. The van der Waals surface area contributed by atoms with Gasteiger partial charge in [-0.25, -0.2) is 10.8 Å². The summed E-state index contributed by atoms with van der Waals surface area (Å²) >= 11 is 3.34. The van der Waals surface area contributed by atoms with Gasteiger partial charge >= 0.3 is 0 Å². The molecule has 2 heterocycles. The molecule has 17 heavy (non-hydrogen) atoms. The molecule has 0 radical (unpaired) electrons. The smallest absolute Gasteiger partial charge is 0.239 e. The van der Waals surface area contributed by atoms with Gasteiger partial charge in [-0.05, 0) is 22.9 Å². The number of aromatic nitrogens is 3. The second-order valence-electron chi connectivity index (χ2n) is 3.32. The Morgan fingerprint density at radius 1 is 1.53 bits per heavy atom. The summed E-state index contributed by atoms with van der Waals surface area (Å²) in [7, 11) is 0. The summed E-state index contributed by atoms with van der Waals surface area (Å²) in [6.07, 6.45) is 1.61. The van der Waals surface area contributed by atoms with Crippen molar-refractivity contribution >= 4 is 27.7 Å². The van der Waals surface area contributed by atoms with Gasteiger partial charge in [0.1, 0.15) is 17.3 Å². The normalized spacial score (nSPS) is 10.3. The molecule has 2 rings (SSSR count). The monoisotopic (exact) mass is 298 g/mol. The number of aryl methyl sites for hydroxylation is 1. The van der Waals surface area contributed by atoms with Gasteiger partial charge in [-0.15, -0.1) is 0 Å². The lowest BCUT2D eigenvalue weighted by atomic mass is 10.4. The third-order valence-corrected chi connectivity index (χ3v) is 2.57. The number of nitrogens with one attached hydrogen (secondary N) is 2. The second-order valence-corrected chi connectivity index (χ2v) is 4.17. The number of anilines is 2. The van der Waals surface area contributed by atoms with E-state index < -0.39 is 0 Å². The van der Waals surface area contributed by atoms with Crippen LogP contribution >= 0.6 is 15.9 Å². The van der Waals surface area contributed by atoms with Gasteiger partial charge in [0.2, 0.25) is 5.95 Å². The van der Waals surface area contributed by atoms with Crippen LogP contribution in [-0.2, 0) is 6.54 Å². The van der Waals surface area contributed by atoms with Crippen LogP contribution in [0.4, 0.5) is 11.8 Å². The Morgan fingerprint density at radius 2 is 2.35 bits per heavy atom. The zero-order chi connectivity index (χ0) is 12.3. The zero-order valence-electron chi connectivity index (χ0n) is 9.07. The van der Waals surface area contributed by atoms with E-state index >= 15 is 0 Å². The van der Waals surface area contributed by atoms with Crippen LogP contribution in [0.5, 0.6) is 0 Å². The first kappa shape index (κ1) is 11.8. The Balaban J connectivity index is 2.07. The van der Waals surface area contributed by atoms with Crippen LogP contribution in [0, 0.1) is 6.92 Å². The molecule has 2 aromatic rings. The SMILES string of the molecule is Cc1cc(CNc2nc(NN)ncc2Br)no1. The van der Waals surface area contributed by atoms with Gasteiger partial charge in [-0.2, -0.15) is 4.98 Å². The third-order valence-electron chi connectivity index (χ3n) is 1.99. The molecule has 0 aliphatic carbocycles. The van der Waals surface area contributed by atoms with E-state index in [0.29, 0.717) is 18.3 Å². The van der Waals surface area contributed by atoms with Crippen molar-refractivity contribution in [3.8, 4) is 0 Å². The third kappa shape index (κ3) is 2.92. The highest BCUT2D eigenvalue weighted by Crippen LogP contribution is 2.20. The van der Waals surface area contributed by atoms with Gasteiger partial charge < -0.3 is 9.84 Å². The Morgan fingerprint density at radius 3 is 3.00 bits per heavy atom. The van der Waals surface area contributed by atoms with Gasteiger partial charge in [-0.3, -0.25) is 5.43 Å². The number of hydrogen-bond acceptors (Lipinski definition) is 7. The van der Waals surface area contributed by atoms with Crippen molar-refractivity contribution in [3.05, 3.63) is 28.2 Å². The molecular weight excluding hydrogens is 288 g/mol. The van der Waals surface area contributed by atoms with E-state index in [2.05, 4.69) is 41.8 Å². The highest BCUT2D eigenvalue weighted by atomic mass is 79.9. The van der Waals surface area contributed by atoms with E-state index in [4.69, 9.17) is 10.4 Å². The average molecular weight is 299 g/mol.